The molecule has 0 bridgehead atoms. The molecule has 0 saturated heterocycles. The summed E-state index contributed by atoms with van der Waals surface area (Å²) in [5, 5.41) is 3.38. The van der Waals surface area contributed by atoms with Crippen LogP contribution < -0.4 is 15.8 Å². The average molecular weight is 178 g/mol. The van der Waals surface area contributed by atoms with Crippen LogP contribution in [0.2, 0.25) is 0 Å². The van der Waals surface area contributed by atoms with Gasteiger partial charge in [0.25, 0.3) is 0 Å². The first-order chi connectivity index (χ1) is 6.29. The lowest BCUT2D eigenvalue weighted by Crippen LogP contribution is -2.30. The summed E-state index contributed by atoms with van der Waals surface area (Å²) in [6.07, 6.45) is 1.06. The van der Waals surface area contributed by atoms with Gasteiger partial charge in [0.1, 0.15) is 12.4 Å². The number of hydrogen-bond donors (Lipinski definition) is 2. The zero-order chi connectivity index (χ0) is 9.26. The summed E-state index contributed by atoms with van der Waals surface area (Å²) in [6.45, 7) is 2.88. The van der Waals surface area contributed by atoms with E-state index < -0.39 is 0 Å². The van der Waals surface area contributed by atoms with E-state index in [0.29, 0.717) is 6.04 Å². The van der Waals surface area contributed by atoms with E-state index in [0.717, 1.165) is 30.2 Å². The van der Waals surface area contributed by atoms with Gasteiger partial charge in [-0.3, -0.25) is 0 Å². The molecular weight excluding hydrogens is 164 g/mol. The van der Waals surface area contributed by atoms with Gasteiger partial charge in [0.05, 0.1) is 11.7 Å². The topological polar surface area (TPSA) is 47.3 Å². The van der Waals surface area contributed by atoms with Crippen molar-refractivity contribution in [3.63, 3.8) is 0 Å². The molecule has 3 heteroatoms. The Kier molecular flexibility index (Phi) is 2.00. The third-order valence-electron chi connectivity index (χ3n) is 2.30. The largest absolute Gasteiger partial charge is 0.489 e. The Morgan fingerprint density at radius 3 is 3.23 bits per heavy atom. The summed E-state index contributed by atoms with van der Waals surface area (Å²) in [7, 11) is 0. The highest BCUT2D eigenvalue weighted by Gasteiger charge is 2.16. The van der Waals surface area contributed by atoms with E-state index in [4.69, 9.17) is 10.5 Å². The predicted octanol–water partition coefficient (Wildman–Crippen LogP) is 1.85. The van der Waals surface area contributed by atoms with Gasteiger partial charge in [-0.1, -0.05) is 6.92 Å². The summed E-state index contributed by atoms with van der Waals surface area (Å²) < 4.78 is 5.56. The van der Waals surface area contributed by atoms with Crippen LogP contribution in [0.25, 0.3) is 0 Å². The SMILES string of the molecule is CCC1COc2ccc(N)cc2N1. The Hall–Kier alpha value is -1.38. The van der Waals surface area contributed by atoms with E-state index in [-0.39, 0.29) is 0 Å². The van der Waals surface area contributed by atoms with Crippen molar-refractivity contribution in [1.82, 2.24) is 0 Å². The lowest BCUT2D eigenvalue weighted by molar-refractivity contribution is 0.281. The number of hydrogen-bond acceptors (Lipinski definition) is 3. The first kappa shape index (κ1) is 8.23. The summed E-state index contributed by atoms with van der Waals surface area (Å²) >= 11 is 0. The number of fused-ring (bicyclic) bond motifs is 1. The van der Waals surface area contributed by atoms with Crippen molar-refractivity contribution < 1.29 is 4.74 Å². The summed E-state index contributed by atoms with van der Waals surface area (Å²) in [4.78, 5) is 0. The zero-order valence-electron chi connectivity index (χ0n) is 7.71. The van der Waals surface area contributed by atoms with E-state index in [1.54, 1.807) is 0 Å². The fraction of sp³-hybridized carbons (Fsp3) is 0.400. The standard InChI is InChI=1S/C10H14N2O/c1-2-8-6-13-10-4-3-7(11)5-9(10)12-8/h3-5,8,12H,2,6,11H2,1H3. The van der Waals surface area contributed by atoms with Crippen LogP contribution in [0.4, 0.5) is 11.4 Å². The van der Waals surface area contributed by atoms with E-state index in [1.807, 2.05) is 18.2 Å². The van der Waals surface area contributed by atoms with Gasteiger partial charge in [0, 0.05) is 5.69 Å². The lowest BCUT2D eigenvalue weighted by Gasteiger charge is -2.26. The number of nitrogens with two attached hydrogens (primary N) is 1. The van der Waals surface area contributed by atoms with E-state index in [9.17, 15) is 0 Å². The molecule has 0 aromatic heterocycles. The molecule has 1 aliphatic rings. The van der Waals surface area contributed by atoms with Gasteiger partial charge in [0.2, 0.25) is 0 Å². The smallest absolute Gasteiger partial charge is 0.142 e. The molecule has 0 spiro atoms. The number of benzene rings is 1. The van der Waals surface area contributed by atoms with Crippen LogP contribution in [0.15, 0.2) is 18.2 Å². The molecule has 0 fully saturated rings. The van der Waals surface area contributed by atoms with Gasteiger partial charge in [0.15, 0.2) is 0 Å². The molecule has 1 aromatic rings. The first-order valence-electron chi connectivity index (χ1n) is 4.58. The molecule has 1 unspecified atom stereocenters. The summed E-state index contributed by atoms with van der Waals surface area (Å²) in [6, 6.07) is 6.09. The van der Waals surface area contributed by atoms with Crippen LogP contribution in [0.5, 0.6) is 5.75 Å². The van der Waals surface area contributed by atoms with Crippen LogP contribution in [0, 0.1) is 0 Å². The van der Waals surface area contributed by atoms with Crippen LogP contribution in [0.3, 0.4) is 0 Å². The first-order valence-corrected chi connectivity index (χ1v) is 4.58. The lowest BCUT2D eigenvalue weighted by atomic mass is 10.1. The van der Waals surface area contributed by atoms with Crippen LogP contribution in [-0.2, 0) is 0 Å². The second kappa shape index (κ2) is 3.17. The molecule has 1 atom stereocenters. The molecule has 1 aliphatic heterocycles. The highest BCUT2D eigenvalue weighted by Crippen LogP contribution is 2.30. The van der Waals surface area contributed by atoms with Gasteiger partial charge in [-0.25, -0.2) is 0 Å². The van der Waals surface area contributed by atoms with Crippen molar-refractivity contribution in [3.05, 3.63) is 18.2 Å². The van der Waals surface area contributed by atoms with Crippen molar-refractivity contribution >= 4 is 11.4 Å². The highest BCUT2D eigenvalue weighted by molar-refractivity contribution is 5.64. The second-order valence-electron chi connectivity index (χ2n) is 3.32. The van der Waals surface area contributed by atoms with Crippen molar-refractivity contribution in [2.75, 3.05) is 17.7 Å². The minimum Gasteiger partial charge on any atom is -0.489 e. The van der Waals surface area contributed by atoms with Crippen molar-refractivity contribution in [3.8, 4) is 5.75 Å². The Labute approximate surface area is 77.9 Å². The van der Waals surface area contributed by atoms with Gasteiger partial charge >= 0.3 is 0 Å². The van der Waals surface area contributed by atoms with E-state index in [1.165, 1.54) is 0 Å². The summed E-state index contributed by atoms with van der Waals surface area (Å²) in [5.74, 6) is 0.902. The van der Waals surface area contributed by atoms with Crippen molar-refractivity contribution in [2.45, 2.75) is 19.4 Å². The maximum absolute atomic E-state index is 5.67. The number of rotatable bonds is 1. The van der Waals surface area contributed by atoms with E-state index in [2.05, 4.69) is 12.2 Å². The minimum atomic E-state index is 0.411. The zero-order valence-corrected chi connectivity index (χ0v) is 7.71. The molecule has 0 saturated carbocycles. The van der Waals surface area contributed by atoms with Gasteiger partial charge in [-0.15, -0.1) is 0 Å². The van der Waals surface area contributed by atoms with Crippen molar-refractivity contribution in [1.29, 1.82) is 0 Å². The maximum atomic E-state index is 5.67. The van der Waals surface area contributed by atoms with Crippen molar-refractivity contribution in [2.24, 2.45) is 0 Å². The molecule has 70 valence electrons. The Balaban J connectivity index is 2.27. The number of nitrogen functional groups attached to an aromatic ring is 1. The second-order valence-corrected chi connectivity index (χ2v) is 3.32. The Morgan fingerprint density at radius 2 is 2.46 bits per heavy atom. The van der Waals surface area contributed by atoms with Crippen LogP contribution in [-0.4, -0.2) is 12.6 Å². The van der Waals surface area contributed by atoms with Crippen LogP contribution >= 0.6 is 0 Å². The normalized spacial score (nSPS) is 19.9. The van der Waals surface area contributed by atoms with Gasteiger partial charge < -0.3 is 15.8 Å². The highest BCUT2D eigenvalue weighted by atomic mass is 16.5. The van der Waals surface area contributed by atoms with E-state index >= 15 is 0 Å². The molecule has 1 heterocycles. The molecule has 0 aliphatic carbocycles. The molecular formula is C10H14N2O. The molecule has 13 heavy (non-hydrogen) atoms. The average Bonchev–Trinajstić information content (AvgIpc) is 2.16. The number of anilines is 2. The molecule has 1 aromatic carbocycles. The molecule has 2 rings (SSSR count). The maximum Gasteiger partial charge on any atom is 0.142 e. The molecule has 0 amide bonds. The van der Waals surface area contributed by atoms with Crippen LogP contribution in [0.1, 0.15) is 13.3 Å². The third kappa shape index (κ3) is 1.54. The Morgan fingerprint density at radius 1 is 1.62 bits per heavy atom. The molecule has 3 N–H and O–H groups in total. The van der Waals surface area contributed by atoms with Gasteiger partial charge in [-0.05, 0) is 24.6 Å². The quantitative estimate of drug-likeness (QED) is 0.645. The fourth-order valence-corrected chi connectivity index (χ4v) is 1.46. The number of nitrogens with one attached hydrogen (secondary N) is 1. The molecule has 3 nitrogen and oxygen atoms in total. The monoisotopic (exact) mass is 178 g/mol. The molecule has 0 radical (unpaired) electrons. The predicted molar refractivity (Wildman–Crippen MR) is 54.1 cm³/mol. The third-order valence-corrected chi connectivity index (χ3v) is 2.30. The minimum absolute atomic E-state index is 0.411. The van der Waals surface area contributed by atoms with Gasteiger partial charge in [-0.2, -0.15) is 0 Å². The fourth-order valence-electron chi connectivity index (χ4n) is 1.46. The Bertz CT molecular complexity index is 312. The number of ether oxygens (including phenoxy) is 1. The summed E-state index contributed by atoms with van der Waals surface area (Å²) in [5.41, 5.74) is 7.46.